The van der Waals surface area contributed by atoms with E-state index < -0.39 is 6.04 Å². The highest BCUT2D eigenvalue weighted by atomic mass is 32.1. The predicted octanol–water partition coefficient (Wildman–Crippen LogP) is 3.76. The first-order valence-corrected chi connectivity index (χ1v) is 16.4. The van der Waals surface area contributed by atoms with E-state index in [1.165, 1.54) is 12.0 Å². The molecule has 2 heterocycles. The van der Waals surface area contributed by atoms with Crippen LogP contribution in [0.15, 0.2) is 30.4 Å². The van der Waals surface area contributed by atoms with Crippen molar-refractivity contribution in [2.45, 2.75) is 83.7 Å². The lowest BCUT2D eigenvalue weighted by Crippen LogP contribution is -2.55. The van der Waals surface area contributed by atoms with Crippen molar-refractivity contribution in [3.05, 3.63) is 40.9 Å². The number of rotatable bonds is 14. The molecule has 0 unspecified atom stereocenters. The number of amides is 3. The average Bonchev–Trinajstić information content (AvgIpc) is 3.41. The Morgan fingerprint density at radius 3 is 2.60 bits per heavy atom. The molecule has 2 aromatic rings. The summed E-state index contributed by atoms with van der Waals surface area (Å²) in [6.07, 6.45) is 7.73. The van der Waals surface area contributed by atoms with Gasteiger partial charge in [0.1, 0.15) is 6.04 Å². The maximum absolute atomic E-state index is 13.8. The third-order valence-corrected chi connectivity index (χ3v) is 9.32. The average molecular weight is 598 g/mol. The number of aromatic nitrogens is 1. The lowest BCUT2D eigenvalue weighted by Gasteiger charge is -2.32. The van der Waals surface area contributed by atoms with Crippen molar-refractivity contribution in [2.75, 3.05) is 39.4 Å². The van der Waals surface area contributed by atoms with Crippen LogP contribution in [-0.2, 0) is 32.0 Å². The van der Waals surface area contributed by atoms with Crippen LogP contribution in [0.5, 0.6) is 0 Å². The number of aryl methyl sites for hydroxylation is 1. The van der Waals surface area contributed by atoms with E-state index in [0.717, 1.165) is 60.4 Å². The van der Waals surface area contributed by atoms with E-state index in [1.54, 1.807) is 11.3 Å². The fourth-order valence-corrected chi connectivity index (χ4v) is 6.86. The molecule has 3 amide bonds. The zero-order chi connectivity index (χ0) is 29.9. The minimum absolute atomic E-state index is 0.144. The zero-order valence-electron chi connectivity index (χ0n) is 25.2. The number of hydrogen-bond donors (Lipinski definition) is 3. The number of fused-ring (bicyclic) bond motifs is 1. The summed E-state index contributed by atoms with van der Waals surface area (Å²) in [7, 11) is 0. The van der Waals surface area contributed by atoms with Crippen LogP contribution in [-0.4, -0.2) is 79.1 Å². The SMILES string of the molecule is C=C(CN1CCOCC1)C(=O)NC[C@@H](NC(=O)[C@H](Cc1nc2ccc(CC)cc2s1)NC(=O)CCC)C1CCCCC1. The Kier molecular flexibility index (Phi) is 12.3. The number of ether oxygens (including phenoxy) is 1. The highest BCUT2D eigenvalue weighted by Crippen LogP contribution is 2.27. The molecule has 3 N–H and O–H groups in total. The predicted molar refractivity (Wildman–Crippen MR) is 167 cm³/mol. The summed E-state index contributed by atoms with van der Waals surface area (Å²) in [5, 5.41) is 10.1. The van der Waals surface area contributed by atoms with E-state index in [2.05, 4.69) is 46.5 Å². The topological polar surface area (TPSA) is 113 Å². The normalized spacial score (nSPS) is 17.9. The molecular formula is C32H47N5O4S. The Hall–Kier alpha value is -2.82. The van der Waals surface area contributed by atoms with Crippen LogP contribution in [0.2, 0.25) is 0 Å². The zero-order valence-corrected chi connectivity index (χ0v) is 26.0. The van der Waals surface area contributed by atoms with Gasteiger partial charge in [-0.05, 0) is 49.3 Å². The van der Waals surface area contributed by atoms with Crippen molar-refractivity contribution in [3.8, 4) is 0 Å². The molecule has 9 nitrogen and oxygen atoms in total. The molecule has 2 atom stereocenters. The van der Waals surface area contributed by atoms with Gasteiger partial charge >= 0.3 is 0 Å². The molecule has 1 saturated heterocycles. The van der Waals surface area contributed by atoms with Crippen molar-refractivity contribution in [1.29, 1.82) is 0 Å². The van der Waals surface area contributed by atoms with Gasteiger partial charge in [-0.1, -0.05) is 45.8 Å². The lowest BCUT2D eigenvalue weighted by molar-refractivity contribution is -0.129. The molecular weight excluding hydrogens is 550 g/mol. The van der Waals surface area contributed by atoms with E-state index in [4.69, 9.17) is 9.72 Å². The Bertz CT molecular complexity index is 1220. The molecule has 1 aliphatic carbocycles. The van der Waals surface area contributed by atoms with Gasteiger partial charge in [-0.15, -0.1) is 11.3 Å². The number of carbonyl (C=O) groups is 3. The molecule has 1 saturated carbocycles. The fourth-order valence-electron chi connectivity index (χ4n) is 5.79. The Labute approximate surface area is 253 Å². The molecule has 1 aliphatic heterocycles. The van der Waals surface area contributed by atoms with Gasteiger partial charge in [-0.25, -0.2) is 4.98 Å². The molecule has 0 radical (unpaired) electrons. The van der Waals surface area contributed by atoms with Gasteiger partial charge in [0.25, 0.3) is 0 Å². The van der Waals surface area contributed by atoms with E-state index >= 15 is 0 Å². The van der Waals surface area contributed by atoms with Crippen molar-refractivity contribution in [3.63, 3.8) is 0 Å². The van der Waals surface area contributed by atoms with Crippen LogP contribution in [0, 0.1) is 5.92 Å². The first-order chi connectivity index (χ1) is 20.4. The number of nitrogens with one attached hydrogen (secondary N) is 3. The first-order valence-electron chi connectivity index (χ1n) is 15.6. The highest BCUT2D eigenvalue weighted by Gasteiger charge is 2.30. The molecule has 1 aromatic carbocycles. The van der Waals surface area contributed by atoms with E-state index in [-0.39, 0.29) is 29.7 Å². The first kappa shape index (κ1) is 32.1. The maximum atomic E-state index is 13.8. The van der Waals surface area contributed by atoms with Gasteiger partial charge in [0.2, 0.25) is 17.7 Å². The third kappa shape index (κ3) is 9.34. The van der Waals surface area contributed by atoms with Crippen molar-refractivity contribution in [2.24, 2.45) is 5.92 Å². The molecule has 10 heteroatoms. The summed E-state index contributed by atoms with van der Waals surface area (Å²) in [6.45, 7) is 11.8. The van der Waals surface area contributed by atoms with Gasteiger partial charge < -0.3 is 20.7 Å². The van der Waals surface area contributed by atoms with Crippen LogP contribution in [0.25, 0.3) is 10.2 Å². The monoisotopic (exact) mass is 597 g/mol. The maximum Gasteiger partial charge on any atom is 0.247 e. The molecule has 0 bridgehead atoms. The Morgan fingerprint density at radius 1 is 1.12 bits per heavy atom. The second kappa shape index (κ2) is 16.1. The molecule has 4 rings (SSSR count). The summed E-state index contributed by atoms with van der Waals surface area (Å²) in [4.78, 5) is 46.4. The summed E-state index contributed by atoms with van der Waals surface area (Å²) >= 11 is 1.57. The second-order valence-corrected chi connectivity index (χ2v) is 12.7. The van der Waals surface area contributed by atoms with Crippen LogP contribution >= 0.6 is 11.3 Å². The number of benzene rings is 1. The van der Waals surface area contributed by atoms with Crippen LogP contribution in [0.1, 0.15) is 69.4 Å². The lowest BCUT2D eigenvalue weighted by atomic mass is 9.83. The summed E-state index contributed by atoms with van der Waals surface area (Å²) in [6, 6.07) is 5.28. The van der Waals surface area contributed by atoms with Crippen LogP contribution in [0.4, 0.5) is 0 Å². The highest BCUT2D eigenvalue weighted by molar-refractivity contribution is 7.18. The second-order valence-electron chi connectivity index (χ2n) is 11.6. The number of thiazole rings is 1. The number of nitrogens with zero attached hydrogens (tertiary/aromatic N) is 2. The fraction of sp³-hybridized carbons (Fsp3) is 0.625. The molecule has 1 aromatic heterocycles. The summed E-state index contributed by atoms with van der Waals surface area (Å²) < 4.78 is 6.49. The van der Waals surface area contributed by atoms with E-state index in [9.17, 15) is 14.4 Å². The largest absolute Gasteiger partial charge is 0.379 e. The van der Waals surface area contributed by atoms with Gasteiger partial charge in [0.15, 0.2) is 0 Å². The van der Waals surface area contributed by atoms with Gasteiger partial charge in [-0.2, -0.15) is 0 Å². The van der Waals surface area contributed by atoms with Crippen LogP contribution < -0.4 is 16.0 Å². The Morgan fingerprint density at radius 2 is 1.88 bits per heavy atom. The number of carbonyl (C=O) groups excluding carboxylic acids is 3. The molecule has 42 heavy (non-hydrogen) atoms. The van der Waals surface area contributed by atoms with Crippen molar-refractivity contribution >= 4 is 39.3 Å². The molecule has 2 fully saturated rings. The standard InChI is InChI=1S/C32H47N5O4S/c1-4-9-29(38)34-26(19-30-35-25-13-12-23(5-2)18-28(25)42-30)32(40)36-27(24-10-7-6-8-11-24)20-33-31(39)22(3)21-37-14-16-41-17-15-37/h12-13,18,24,26-27H,3-11,14-17,19-21H2,1-2H3,(H,33,39)(H,34,38)(H,36,40)/t26-,27+/m0/s1. The van der Waals surface area contributed by atoms with Crippen LogP contribution in [0.3, 0.4) is 0 Å². The molecule has 230 valence electrons. The van der Waals surface area contributed by atoms with Crippen molar-refractivity contribution in [1.82, 2.24) is 25.8 Å². The Balaban J connectivity index is 1.44. The summed E-state index contributed by atoms with van der Waals surface area (Å²) in [5.74, 6) is -0.304. The minimum Gasteiger partial charge on any atom is -0.379 e. The third-order valence-electron chi connectivity index (χ3n) is 8.28. The minimum atomic E-state index is -0.742. The quantitative estimate of drug-likeness (QED) is 0.286. The molecule has 2 aliphatic rings. The van der Waals surface area contributed by atoms with Gasteiger partial charge in [0.05, 0.1) is 28.4 Å². The molecule has 0 spiro atoms. The summed E-state index contributed by atoms with van der Waals surface area (Å²) in [5.41, 5.74) is 2.66. The van der Waals surface area contributed by atoms with Crippen molar-refractivity contribution < 1.29 is 19.1 Å². The number of hydrogen-bond acceptors (Lipinski definition) is 7. The van der Waals surface area contributed by atoms with E-state index in [0.29, 0.717) is 51.1 Å². The smallest absolute Gasteiger partial charge is 0.247 e. The van der Waals surface area contributed by atoms with Gasteiger partial charge in [0, 0.05) is 50.6 Å². The van der Waals surface area contributed by atoms with E-state index in [1.807, 2.05) is 13.0 Å². The number of morpholine rings is 1. The van der Waals surface area contributed by atoms with Gasteiger partial charge in [-0.3, -0.25) is 19.3 Å².